The maximum Gasteiger partial charge on any atom is 0.333 e. The van der Waals surface area contributed by atoms with E-state index in [4.69, 9.17) is 9.84 Å². The first-order valence-electron chi connectivity index (χ1n) is 10.9. The second kappa shape index (κ2) is 9.18. The quantitative estimate of drug-likeness (QED) is 0.373. The Morgan fingerprint density at radius 3 is 2.55 bits per heavy atom. The molecule has 164 valence electrons. The fourth-order valence-corrected chi connectivity index (χ4v) is 5.91. The van der Waals surface area contributed by atoms with Crippen LogP contribution in [0.25, 0.3) is 0 Å². The Labute approximate surface area is 176 Å². The summed E-state index contributed by atoms with van der Waals surface area (Å²) >= 11 is 0. The highest BCUT2D eigenvalue weighted by Gasteiger charge is 2.59. The molecule has 0 bridgehead atoms. The lowest BCUT2D eigenvalue weighted by Crippen LogP contribution is -2.60. The van der Waals surface area contributed by atoms with Gasteiger partial charge in [0.15, 0.2) is 0 Å². The minimum atomic E-state index is -0.678. The molecule has 2 aliphatic carbocycles. The van der Waals surface area contributed by atoms with Crippen molar-refractivity contribution in [3.05, 3.63) is 34.9 Å². The highest BCUT2D eigenvalue weighted by atomic mass is 16.6. The number of carbonyl (C=O) groups excluding carboxylic acids is 1. The normalized spacial score (nSPS) is 35.0. The van der Waals surface area contributed by atoms with Gasteiger partial charge in [-0.1, -0.05) is 50.1 Å². The Hall–Kier alpha value is -1.39. The molecule has 4 nitrogen and oxygen atoms in total. The second-order valence-electron chi connectivity index (χ2n) is 9.96. The van der Waals surface area contributed by atoms with Crippen LogP contribution in [0.4, 0.5) is 0 Å². The standard InChI is InChI=1S/C25H40O4/c1-8-17(3)23(28)29-22-20(27)15-25(7)19(11-9-16(2)13-14-26)18(4)10-12-21(25)24(22,5)6/h8,10,13,19-22,26-27H,9,11-12,14-15H2,1-7H3. The van der Waals surface area contributed by atoms with Gasteiger partial charge in [0.05, 0.1) is 12.7 Å². The number of fused-ring (bicyclic) bond motifs is 1. The first-order chi connectivity index (χ1) is 13.5. The van der Waals surface area contributed by atoms with E-state index in [2.05, 4.69) is 40.7 Å². The van der Waals surface area contributed by atoms with Crippen LogP contribution in [0.1, 0.15) is 74.1 Å². The van der Waals surface area contributed by atoms with Gasteiger partial charge in [0.25, 0.3) is 0 Å². The number of hydrogen-bond acceptors (Lipinski definition) is 4. The van der Waals surface area contributed by atoms with Gasteiger partial charge in [-0.15, -0.1) is 0 Å². The summed E-state index contributed by atoms with van der Waals surface area (Å²) in [7, 11) is 0. The maximum atomic E-state index is 12.4. The Morgan fingerprint density at radius 2 is 1.97 bits per heavy atom. The zero-order valence-corrected chi connectivity index (χ0v) is 19.3. The van der Waals surface area contributed by atoms with E-state index in [0.29, 0.717) is 23.8 Å². The molecule has 2 N–H and O–H groups in total. The molecule has 2 rings (SSSR count). The fraction of sp³-hybridized carbons (Fsp3) is 0.720. The lowest BCUT2D eigenvalue weighted by molar-refractivity contribution is -0.199. The number of ether oxygens (including phenoxy) is 1. The van der Waals surface area contributed by atoms with Crippen LogP contribution in [0.5, 0.6) is 0 Å². The average Bonchev–Trinajstić information content (AvgIpc) is 2.63. The number of allylic oxidation sites excluding steroid dienone is 4. The van der Waals surface area contributed by atoms with Crippen LogP contribution < -0.4 is 0 Å². The summed E-state index contributed by atoms with van der Waals surface area (Å²) in [5.41, 5.74) is 2.78. The first-order valence-corrected chi connectivity index (χ1v) is 10.9. The fourth-order valence-electron chi connectivity index (χ4n) is 5.91. The number of hydrogen-bond donors (Lipinski definition) is 2. The van der Waals surface area contributed by atoms with Crippen molar-refractivity contribution < 1.29 is 19.7 Å². The van der Waals surface area contributed by atoms with Crippen molar-refractivity contribution in [2.75, 3.05) is 6.61 Å². The molecule has 4 heteroatoms. The Bertz CT molecular complexity index is 700. The van der Waals surface area contributed by atoms with E-state index in [1.165, 1.54) is 11.1 Å². The van der Waals surface area contributed by atoms with Crippen LogP contribution in [-0.4, -0.2) is 35.0 Å². The van der Waals surface area contributed by atoms with Gasteiger partial charge in [-0.25, -0.2) is 4.79 Å². The van der Waals surface area contributed by atoms with Gasteiger partial charge in [0, 0.05) is 11.0 Å². The molecule has 0 heterocycles. The van der Waals surface area contributed by atoms with Crippen molar-refractivity contribution in [3.63, 3.8) is 0 Å². The van der Waals surface area contributed by atoms with E-state index in [1.807, 2.05) is 13.0 Å². The van der Waals surface area contributed by atoms with Gasteiger partial charge in [0.2, 0.25) is 0 Å². The zero-order chi connectivity index (χ0) is 22.0. The van der Waals surface area contributed by atoms with Crippen LogP contribution in [0.3, 0.4) is 0 Å². The molecule has 5 unspecified atom stereocenters. The minimum Gasteiger partial charge on any atom is -0.456 e. The topological polar surface area (TPSA) is 66.8 Å². The summed E-state index contributed by atoms with van der Waals surface area (Å²) in [5, 5.41) is 20.3. The molecule has 0 amide bonds. The summed E-state index contributed by atoms with van der Waals surface area (Å²) < 4.78 is 5.84. The number of esters is 1. The van der Waals surface area contributed by atoms with Gasteiger partial charge < -0.3 is 14.9 Å². The lowest BCUT2D eigenvalue weighted by Gasteiger charge is -2.60. The molecule has 1 saturated carbocycles. The summed E-state index contributed by atoms with van der Waals surface area (Å²) in [4.78, 5) is 12.4. The van der Waals surface area contributed by atoms with Crippen LogP contribution in [0.2, 0.25) is 0 Å². The van der Waals surface area contributed by atoms with Gasteiger partial charge in [-0.3, -0.25) is 0 Å². The van der Waals surface area contributed by atoms with Crippen molar-refractivity contribution in [1.82, 2.24) is 0 Å². The van der Waals surface area contributed by atoms with Crippen LogP contribution in [0, 0.1) is 22.7 Å². The van der Waals surface area contributed by atoms with Crippen molar-refractivity contribution in [3.8, 4) is 0 Å². The third kappa shape index (κ3) is 4.69. The molecule has 0 spiro atoms. The number of aliphatic hydroxyl groups excluding tert-OH is 2. The summed E-state index contributed by atoms with van der Waals surface area (Å²) in [6, 6.07) is 0. The molecule has 0 radical (unpaired) electrons. The van der Waals surface area contributed by atoms with Crippen molar-refractivity contribution in [2.24, 2.45) is 22.7 Å². The monoisotopic (exact) mass is 404 g/mol. The van der Waals surface area contributed by atoms with Crippen molar-refractivity contribution >= 4 is 5.97 Å². The maximum absolute atomic E-state index is 12.4. The highest BCUT2D eigenvalue weighted by Crippen LogP contribution is 2.61. The molecule has 0 aromatic carbocycles. The van der Waals surface area contributed by atoms with Crippen molar-refractivity contribution in [1.29, 1.82) is 0 Å². The number of carbonyl (C=O) groups is 1. The van der Waals surface area contributed by atoms with E-state index in [0.717, 1.165) is 19.3 Å². The molecule has 2 aliphatic rings. The molecule has 29 heavy (non-hydrogen) atoms. The Balaban J connectivity index is 2.32. The van der Waals surface area contributed by atoms with Gasteiger partial charge in [-0.05, 0) is 70.6 Å². The molecule has 0 aliphatic heterocycles. The molecule has 0 saturated heterocycles. The number of aliphatic hydroxyl groups is 2. The zero-order valence-electron chi connectivity index (χ0n) is 19.3. The predicted octanol–water partition coefficient (Wildman–Crippen LogP) is 4.96. The third-order valence-electron chi connectivity index (χ3n) is 7.70. The van der Waals surface area contributed by atoms with Gasteiger partial charge >= 0.3 is 5.97 Å². The average molecular weight is 405 g/mol. The largest absolute Gasteiger partial charge is 0.456 e. The Kier molecular flexibility index (Phi) is 7.56. The van der Waals surface area contributed by atoms with Gasteiger partial charge in [-0.2, -0.15) is 0 Å². The highest BCUT2D eigenvalue weighted by molar-refractivity contribution is 5.87. The first kappa shape index (κ1) is 23.9. The second-order valence-corrected chi connectivity index (χ2v) is 9.96. The van der Waals surface area contributed by atoms with E-state index in [9.17, 15) is 9.90 Å². The molecule has 0 aromatic rings. The van der Waals surface area contributed by atoms with E-state index in [-0.39, 0.29) is 23.4 Å². The molecular weight excluding hydrogens is 364 g/mol. The lowest BCUT2D eigenvalue weighted by atomic mass is 9.46. The van der Waals surface area contributed by atoms with Crippen LogP contribution in [-0.2, 0) is 9.53 Å². The predicted molar refractivity (Wildman–Crippen MR) is 117 cm³/mol. The summed E-state index contributed by atoms with van der Waals surface area (Å²) in [6.45, 7) is 14.5. The van der Waals surface area contributed by atoms with Crippen LogP contribution in [0.15, 0.2) is 34.9 Å². The smallest absolute Gasteiger partial charge is 0.333 e. The molecule has 0 aromatic heterocycles. The minimum absolute atomic E-state index is 0.0558. The number of rotatable bonds is 6. The molecular formula is C25H40O4. The third-order valence-corrected chi connectivity index (χ3v) is 7.70. The SMILES string of the molecule is CC=C(C)C(=O)OC1C(O)CC2(C)C(CCC(C)=CCO)C(C)=CCC2C1(C)C. The van der Waals surface area contributed by atoms with Crippen LogP contribution >= 0.6 is 0 Å². The Morgan fingerprint density at radius 1 is 1.31 bits per heavy atom. The van der Waals surface area contributed by atoms with E-state index >= 15 is 0 Å². The van der Waals surface area contributed by atoms with Crippen molar-refractivity contribution in [2.45, 2.75) is 86.4 Å². The summed E-state index contributed by atoms with van der Waals surface area (Å²) in [5.74, 6) is 0.348. The van der Waals surface area contributed by atoms with Gasteiger partial charge in [0.1, 0.15) is 6.10 Å². The molecule has 5 atom stereocenters. The molecule has 1 fully saturated rings. The summed E-state index contributed by atoms with van der Waals surface area (Å²) in [6.07, 6.45) is 8.30. The van der Waals surface area contributed by atoms with E-state index in [1.54, 1.807) is 13.0 Å². The van der Waals surface area contributed by atoms with E-state index < -0.39 is 12.2 Å².